The number of thioether (sulfide) groups is 1. The molecular formula is C19H15BrF3N3OS. The van der Waals surface area contributed by atoms with Gasteiger partial charge in [-0.15, -0.1) is 0 Å². The predicted molar refractivity (Wildman–Crippen MR) is 107 cm³/mol. The van der Waals surface area contributed by atoms with Crippen molar-refractivity contribution >= 4 is 39.3 Å². The number of carbonyl (C=O) groups excluding carboxylic acids is 1. The van der Waals surface area contributed by atoms with E-state index in [-0.39, 0.29) is 16.8 Å². The molecule has 0 saturated carbocycles. The quantitative estimate of drug-likeness (QED) is 0.477. The minimum Gasteiger partial charge on any atom is -0.324 e. The number of alkyl halides is 3. The fraction of sp³-hybridized carbons (Fsp3) is 0.158. The first-order valence-corrected chi connectivity index (χ1v) is 9.96. The van der Waals surface area contributed by atoms with Gasteiger partial charge in [-0.3, -0.25) is 4.79 Å². The van der Waals surface area contributed by atoms with Crippen molar-refractivity contribution < 1.29 is 18.0 Å². The first-order valence-electron chi connectivity index (χ1n) is 8.18. The van der Waals surface area contributed by atoms with Gasteiger partial charge < -0.3 is 9.88 Å². The highest BCUT2D eigenvalue weighted by Gasteiger charge is 2.31. The number of nitrogens with one attached hydrogen (secondary N) is 1. The van der Waals surface area contributed by atoms with E-state index in [2.05, 4.69) is 26.2 Å². The number of hydrogen-bond acceptors (Lipinski definition) is 3. The molecule has 1 heterocycles. The largest absolute Gasteiger partial charge is 0.406 e. The third-order valence-corrected chi connectivity index (χ3v) is 5.39. The van der Waals surface area contributed by atoms with Gasteiger partial charge in [-0.25, -0.2) is 4.98 Å². The molecule has 2 aromatic carbocycles. The Morgan fingerprint density at radius 3 is 2.46 bits per heavy atom. The lowest BCUT2D eigenvalue weighted by molar-refractivity contribution is -0.141. The highest BCUT2D eigenvalue weighted by molar-refractivity contribution is 9.10. The average Bonchev–Trinajstić information content (AvgIpc) is 3.03. The minimum absolute atomic E-state index is 0.0650. The van der Waals surface area contributed by atoms with E-state index in [1.54, 1.807) is 48.5 Å². The van der Waals surface area contributed by atoms with Crippen LogP contribution in [-0.4, -0.2) is 27.4 Å². The Morgan fingerprint density at radius 1 is 1.11 bits per heavy atom. The second kappa shape index (κ2) is 8.83. The van der Waals surface area contributed by atoms with Gasteiger partial charge in [-0.1, -0.05) is 54.2 Å². The lowest BCUT2D eigenvalue weighted by atomic mass is 10.2. The second-order valence-electron chi connectivity index (χ2n) is 5.81. The normalized spacial score (nSPS) is 11.4. The van der Waals surface area contributed by atoms with Crippen LogP contribution in [-0.2, 0) is 11.3 Å². The number of anilines is 1. The standard InChI is InChI=1S/C19H15BrF3N3OS/c20-14-8-4-5-9-15(14)25-17(27)11-28-18-24-10-16(13-6-2-1-3-7-13)26(18)12-19(21,22)23/h1-10H,11-12H2,(H,25,27). The summed E-state index contributed by atoms with van der Waals surface area (Å²) >= 11 is 4.29. The highest BCUT2D eigenvalue weighted by atomic mass is 79.9. The number of hydrogen-bond donors (Lipinski definition) is 1. The number of aromatic nitrogens is 2. The molecule has 28 heavy (non-hydrogen) atoms. The monoisotopic (exact) mass is 469 g/mol. The molecule has 0 unspecified atom stereocenters. The zero-order valence-corrected chi connectivity index (χ0v) is 16.8. The van der Waals surface area contributed by atoms with Gasteiger partial charge in [-0.2, -0.15) is 13.2 Å². The first kappa shape index (κ1) is 20.5. The third kappa shape index (κ3) is 5.39. The van der Waals surface area contributed by atoms with E-state index < -0.39 is 12.7 Å². The van der Waals surface area contributed by atoms with Gasteiger partial charge in [0.15, 0.2) is 5.16 Å². The van der Waals surface area contributed by atoms with Crippen LogP contribution in [0.4, 0.5) is 18.9 Å². The molecule has 4 nitrogen and oxygen atoms in total. The molecule has 3 rings (SSSR count). The molecule has 146 valence electrons. The van der Waals surface area contributed by atoms with Crippen molar-refractivity contribution in [3.8, 4) is 11.3 Å². The van der Waals surface area contributed by atoms with Crippen molar-refractivity contribution in [3.63, 3.8) is 0 Å². The maximum atomic E-state index is 13.1. The summed E-state index contributed by atoms with van der Waals surface area (Å²) in [7, 11) is 0. The molecule has 1 aromatic heterocycles. The summed E-state index contributed by atoms with van der Waals surface area (Å²) in [6.07, 6.45) is -3.01. The lowest BCUT2D eigenvalue weighted by Gasteiger charge is -2.14. The molecule has 0 spiro atoms. The summed E-state index contributed by atoms with van der Waals surface area (Å²) in [5, 5.41) is 2.86. The third-order valence-electron chi connectivity index (χ3n) is 3.71. The van der Waals surface area contributed by atoms with Crippen molar-refractivity contribution in [1.82, 2.24) is 9.55 Å². The van der Waals surface area contributed by atoms with E-state index in [9.17, 15) is 18.0 Å². The van der Waals surface area contributed by atoms with Crippen LogP contribution >= 0.6 is 27.7 Å². The van der Waals surface area contributed by atoms with E-state index >= 15 is 0 Å². The predicted octanol–water partition coefficient (Wildman–Crippen LogP) is 5.61. The van der Waals surface area contributed by atoms with Gasteiger partial charge in [0, 0.05) is 4.47 Å². The maximum Gasteiger partial charge on any atom is 0.406 e. The second-order valence-corrected chi connectivity index (χ2v) is 7.61. The lowest BCUT2D eigenvalue weighted by Crippen LogP contribution is -2.20. The highest BCUT2D eigenvalue weighted by Crippen LogP contribution is 2.30. The van der Waals surface area contributed by atoms with Crippen LogP contribution in [0, 0.1) is 0 Å². The Balaban J connectivity index is 1.77. The molecule has 0 bridgehead atoms. The van der Waals surface area contributed by atoms with E-state index in [1.807, 2.05) is 6.07 Å². The minimum atomic E-state index is -4.41. The molecule has 1 amide bonds. The Morgan fingerprint density at radius 2 is 1.79 bits per heavy atom. The van der Waals surface area contributed by atoms with Crippen molar-refractivity contribution in [3.05, 3.63) is 65.3 Å². The molecule has 0 atom stereocenters. The van der Waals surface area contributed by atoms with Crippen molar-refractivity contribution in [2.45, 2.75) is 17.9 Å². The number of amides is 1. The summed E-state index contributed by atoms with van der Waals surface area (Å²) < 4.78 is 41.1. The summed E-state index contributed by atoms with van der Waals surface area (Å²) in [5.41, 5.74) is 1.58. The van der Waals surface area contributed by atoms with E-state index in [0.717, 1.165) is 20.8 Å². The van der Waals surface area contributed by atoms with Crippen LogP contribution in [0.1, 0.15) is 0 Å². The van der Waals surface area contributed by atoms with Crippen molar-refractivity contribution in [2.24, 2.45) is 0 Å². The van der Waals surface area contributed by atoms with Crippen LogP contribution in [0.25, 0.3) is 11.3 Å². The number of para-hydroxylation sites is 1. The number of benzene rings is 2. The molecular weight excluding hydrogens is 455 g/mol. The summed E-state index contributed by atoms with van der Waals surface area (Å²) in [6, 6.07) is 15.8. The molecule has 0 saturated heterocycles. The van der Waals surface area contributed by atoms with Crippen LogP contribution in [0.2, 0.25) is 0 Å². The number of halogens is 4. The molecule has 0 radical (unpaired) electrons. The van der Waals surface area contributed by atoms with Gasteiger partial charge in [0.1, 0.15) is 6.54 Å². The van der Waals surface area contributed by atoms with E-state index in [4.69, 9.17) is 0 Å². The molecule has 9 heteroatoms. The number of rotatable bonds is 6. The fourth-order valence-electron chi connectivity index (χ4n) is 2.52. The maximum absolute atomic E-state index is 13.1. The number of carbonyl (C=O) groups is 1. The van der Waals surface area contributed by atoms with E-state index in [0.29, 0.717) is 16.9 Å². The van der Waals surface area contributed by atoms with Crippen LogP contribution in [0.15, 0.2) is 70.4 Å². The molecule has 0 aliphatic rings. The smallest absolute Gasteiger partial charge is 0.324 e. The van der Waals surface area contributed by atoms with Crippen LogP contribution in [0.5, 0.6) is 0 Å². The van der Waals surface area contributed by atoms with Gasteiger partial charge in [-0.05, 0) is 33.6 Å². The number of imidazole rings is 1. The van der Waals surface area contributed by atoms with Crippen LogP contribution < -0.4 is 5.32 Å². The van der Waals surface area contributed by atoms with E-state index in [1.165, 1.54) is 6.20 Å². The Hall–Kier alpha value is -2.26. The molecule has 0 fully saturated rings. The average molecular weight is 470 g/mol. The number of nitrogens with zero attached hydrogens (tertiary/aromatic N) is 2. The zero-order valence-electron chi connectivity index (χ0n) is 14.4. The summed E-state index contributed by atoms with van der Waals surface area (Å²) in [4.78, 5) is 16.3. The Bertz CT molecular complexity index is 961. The SMILES string of the molecule is O=C(CSc1ncc(-c2ccccc2)n1CC(F)(F)F)Nc1ccccc1Br. The summed E-state index contributed by atoms with van der Waals surface area (Å²) in [5.74, 6) is -0.399. The van der Waals surface area contributed by atoms with Crippen molar-refractivity contribution in [2.75, 3.05) is 11.1 Å². The van der Waals surface area contributed by atoms with Crippen molar-refractivity contribution in [1.29, 1.82) is 0 Å². The molecule has 1 N–H and O–H groups in total. The van der Waals surface area contributed by atoms with Crippen LogP contribution in [0.3, 0.4) is 0 Å². The molecule has 0 aliphatic carbocycles. The van der Waals surface area contributed by atoms with Gasteiger partial charge in [0.2, 0.25) is 5.91 Å². The van der Waals surface area contributed by atoms with Gasteiger partial charge in [0.05, 0.1) is 23.3 Å². The zero-order chi connectivity index (χ0) is 20.1. The Labute approximate surface area is 172 Å². The Kier molecular flexibility index (Phi) is 6.46. The first-order chi connectivity index (χ1) is 13.3. The fourth-order valence-corrected chi connectivity index (χ4v) is 3.69. The summed E-state index contributed by atoms with van der Waals surface area (Å²) in [6.45, 7) is -1.18. The molecule has 3 aromatic rings. The molecule has 0 aliphatic heterocycles. The van der Waals surface area contributed by atoms with Gasteiger partial charge in [0.25, 0.3) is 0 Å². The van der Waals surface area contributed by atoms with Gasteiger partial charge >= 0.3 is 6.18 Å². The topological polar surface area (TPSA) is 46.9 Å².